The van der Waals surface area contributed by atoms with Crippen LogP contribution in [0.2, 0.25) is 0 Å². The van der Waals surface area contributed by atoms with E-state index >= 15 is 0 Å². The van der Waals surface area contributed by atoms with E-state index in [1.807, 2.05) is 13.8 Å². The van der Waals surface area contributed by atoms with E-state index in [-0.39, 0.29) is 17.4 Å². The molecule has 1 aliphatic rings. The number of nitrogens with zero attached hydrogens (tertiary/aromatic N) is 1. The molecule has 21 heavy (non-hydrogen) atoms. The second kappa shape index (κ2) is 6.96. The maximum absolute atomic E-state index is 12.2. The second-order valence-corrected chi connectivity index (χ2v) is 6.83. The molecule has 2 amide bonds. The zero-order valence-electron chi connectivity index (χ0n) is 13.8. The fourth-order valence-electron chi connectivity index (χ4n) is 2.44. The van der Waals surface area contributed by atoms with Gasteiger partial charge in [0.05, 0.1) is 0 Å². The van der Waals surface area contributed by atoms with Crippen molar-refractivity contribution in [1.82, 2.24) is 10.2 Å². The quantitative estimate of drug-likeness (QED) is 0.784. The molecule has 0 aliphatic carbocycles. The number of hydrogen-bond acceptors (Lipinski definition) is 2. The molecule has 0 aromatic heterocycles. The predicted octanol–water partition coefficient (Wildman–Crippen LogP) is 2.87. The summed E-state index contributed by atoms with van der Waals surface area (Å²) >= 11 is 0. The lowest BCUT2D eigenvalue weighted by Crippen LogP contribution is -2.51. The first kappa shape index (κ1) is 17.5. The highest BCUT2D eigenvalue weighted by atomic mass is 16.4. The third kappa shape index (κ3) is 4.76. The molecule has 5 heteroatoms. The summed E-state index contributed by atoms with van der Waals surface area (Å²) in [5.41, 5.74) is 1.48. The molecule has 0 saturated carbocycles. The molecule has 5 nitrogen and oxygen atoms in total. The molecular weight excluding hydrogens is 268 g/mol. The molecule has 2 atom stereocenters. The van der Waals surface area contributed by atoms with Crippen LogP contribution < -0.4 is 5.32 Å². The Morgan fingerprint density at radius 1 is 1.43 bits per heavy atom. The Hall–Kier alpha value is -1.52. The Morgan fingerprint density at radius 3 is 2.43 bits per heavy atom. The molecule has 0 radical (unpaired) electrons. The van der Waals surface area contributed by atoms with E-state index in [1.54, 1.807) is 4.90 Å². The minimum absolute atomic E-state index is 0.0862. The highest BCUT2D eigenvalue weighted by Crippen LogP contribution is 2.30. The van der Waals surface area contributed by atoms with E-state index in [0.29, 0.717) is 19.5 Å². The van der Waals surface area contributed by atoms with Crippen LogP contribution in [0, 0.1) is 11.3 Å². The van der Waals surface area contributed by atoms with E-state index in [0.717, 1.165) is 6.42 Å². The van der Waals surface area contributed by atoms with Crippen molar-refractivity contribution in [2.24, 2.45) is 11.3 Å². The summed E-state index contributed by atoms with van der Waals surface area (Å²) in [6, 6.07) is -1.11. The number of nitrogens with one attached hydrogen (secondary N) is 1. The summed E-state index contributed by atoms with van der Waals surface area (Å²) in [4.78, 5) is 25.1. The summed E-state index contributed by atoms with van der Waals surface area (Å²) in [5.74, 6) is -1.06. The Labute approximate surface area is 127 Å². The molecule has 1 unspecified atom stereocenters. The van der Waals surface area contributed by atoms with Crippen molar-refractivity contribution in [2.75, 3.05) is 13.1 Å². The topological polar surface area (TPSA) is 69.6 Å². The minimum Gasteiger partial charge on any atom is -0.480 e. The van der Waals surface area contributed by atoms with Crippen LogP contribution >= 0.6 is 0 Å². The molecule has 2 N–H and O–H groups in total. The van der Waals surface area contributed by atoms with Crippen LogP contribution in [-0.2, 0) is 4.79 Å². The zero-order chi connectivity index (χ0) is 16.2. The minimum atomic E-state index is -0.972. The lowest BCUT2D eigenvalue weighted by atomic mass is 9.83. The molecule has 0 saturated heterocycles. The average Bonchev–Trinajstić information content (AvgIpc) is 2.42. The smallest absolute Gasteiger partial charge is 0.326 e. The molecule has 0 bridgehead atoms. The monoisotopic (exact) mass is 296 g/mol. The number of hydrogen-bond donors (Lipinski definition) is 2. The molecule has 0 aromatic rings. The lowest BCUT2D eigenvalue weighted by Gasteiger charge is -2.33. The number of carboxylic acid groups (broad SMARTS) is 1. The van der Waals surface area contributed by atoms with Crippen molar-refractivity contribution in [2.45, 2.75) is 53.5 Å². The van der Waals surface area contributed by atoms with Crippen molar-refractivity contribution < 1.29 is 14.7 Å². The van der Waals surface area contributed by atoms with Gasteiger partial charge in [0.1, 0.15) is 6.04 Å². The molecular formula is C16H28N2O3. The largest absolute Gasteiger partial charge is 0.480 e. The normalized spacial score (nSPS) is 18.7. The maximum Gasteiger partial charge on any atom is 0.326 e. The number of carbonyl (C=O) groups excluding carboxylic acids is 1. The average molecular weight is 296 g/mol. The first-order valence-electron chi connectivity index (χ1n) is 7.64. The third-order valence-electron chi connectivity index (χ3n) is 4.22. The molecule has 1 rings (SSSR count). The molecule has 120 valence electrons. The van der Waals surface area contributed by atoms with Gasteiger partial charge in [-0.05, 0) is 17.8 Å². The van der Waals surface area contributed by atoms with Crippen molar-refractivity contribution >= 4 is 12.0 Å². The number of amides is 2. The van der Waals surface area contributed by atoms with E-state index < -0.39 is 12.0 Å². The van der Waals surface area contributed by atoms with Gasteiger partial charge in [-0.15, -0.1) is 0 Å². The highest BCUT2D eigenvalue weighted by Gasteiger charge is 2.29. The predicted molar refractivity (Wildman–Crippen MR) is 83.1 cm³/mol. The number of urea groups is 1. The van der Waals surface area contributed by atoms with Crippen LogP contribution in [0.25, 0.3) is 0 Å². The van der Waals surface area contributed by atoms with Gasteiger partial charge in [-0.2, -0.15) is 0 Å². The van der Waals surface area contributed by atoms with Crippen molar-refractivity contribution in [3.05, 3.63) is 11.6 Å². The van der Waals surface area contributed by atoms with Gasteiger partial charge in [-0.1, -0.05) is 52.7 Å². The number of carbonyl (C=O) groups is 2. The lowest BCUT2D eigenvalue weighted by molar-refractivity contribution is -0.140. The van der Waals surface area contributed by atoms with Gasteiger partial charge in [-0.3, -0.25) is 0 Å². The van der Waals surface area contributed by atoms with E-state index in [2.05, 4.69) is 32.2 Å². The highest BCUT2D eigenvalue weighted by molar-refractivity contribution is 5.83. The van der Waals surface area contributed by atoms with Gasteiger partial charge in [0.2, 0.25) is 0 Å². The fraction of sp³-hybridized carbons (Fsp3) is 0.750. The SMILES string of the molecule is CCC(C)[C@H](NC(=O)N1CC=C(C(C)(C)C)CC1)C(=O)O. The summed E-state index contributed by atoms with van der Waals surface area (Å²) in [7, 11) is 0. The third-order valence-corrected chi connectivity index (χ3v) is 4.22. The van der Waals surface area contributed by atoms with Crippen LogP contribution in [0.1, 0.15) is 47.5 Å². The van der Waals surface area contributed by atoms with E-state index in [1.165, 1.54) is 5.57 Å². The van der Waals surface area contributed by atoms with Gasteiger partial charge in [-0.25, -0.2) is 9.59 Å². The molecule has 0 aromatic carbocycles. The first-order valence-corrected chi connectivity index (χ1v) is 7.64. The standard InChI is InChI=1S/C16H28N2O3/c1-6-11(2)13(14(19)20)17-15(21)18-9-7-12(8-10-18)16(3,4)5/h7,11,13H,6,8-10H2,1-5H3,(H,17,21)(H,19,20)/t11?,13-/m0/s1. The van der Waals surface area contributed by atoms with Crippen molar-refractivity contribution in [3.8, 4) is 0 Å². The number of aliphatic carboxylic acids is 1. The number of rotatable bonds is 4. The summed E-state index contributed by atoms with van der Waals surface area (Å²) in [6.07, 6.45) is 3.64. The first-order chi connectivity index (χ1) is 9.66. The molecule has 1 heterocycles. The summed E-state index contributed by atoms with van der Waals surface area (Å²) in [5, 5.41) is 11.9. The maximum atomic E-state index is 12.2. The van der Waals surface area contributed by atoms with Crippen LogP contribution in [0.15, 0.2) is 11.6 Å². The van der Waals surface area contributed by atoms with Crippen LogP contribution in [0.5, 0.6) is 0 Å². The van der Waals surface area contributed by atoms with Gasteiger partial charge in [0, 0.05) is 13.1 Å². The van der Waals surface area contributed by atoms with Crippen molar-refractivity contribution in [1.29, 1.82) is 0 Å². The Morgan fingerprint density at radius 2 is 2.05 bits per heavy atom. The van der Waals surface area contributed by atoms with Crippen LogP contribution in [0.4, 0.5) is 4.79 Å². The zero-order valence-corrected chi connectivity index (χ0v) is 13.8. The van der Waals surface area contributed by atoms with E-state index in [9.17, 15) is 14.7 Å². The van der Waals surface area contributed by atoms with Gasteiger partial charge in [0.25, 0.3) is 0 Å². The van der Waals surface area contributed by atoms with E-state index in [4.69, 9.17) is 0 Å². The molecule has 0 spiro atoms. The van der Waals surface area contributed by atoms with Gasteiger partial charge >= 0.3 is 12.0 Å². The Balaban J connectivity index is 2.65. The van der Waals surface area contributed by atoms with Gasteiger partial charge in [0.15, 0.2) is 0 Å². The Kier molecular flexibility index (Phi) is 5.81. The van der Waals surface area contributed by atoms with Crippen LogP contribution in [0.3, 0.4) is 0 Å². The number of carboxylic acids is 1. The molecule has 0 fully saturated rings. The van der Waals surface area contributed by atoms with Crippen LogP contribution in [-0.4, -0.2) is 41.1 Å². The fourth-order valence-corrected chi connectivity index (χ4v) is 2.44. The molecule has 1 aliphatic heterocycles. The summed E-state index contributed by atoms with van der Waals surface area (Å²) in [6.45, 7) is 11.4. The Bertz CT molecular complexity index is 424. The van der Waals surface area contributed by atoms with Gasteiger partial charge < -0.3 is 15.3 Å². The second-order valence-electron chi connectivity index (χ2n) is 6.83. The van der Waals surface area contributed by atoms with Crippen molar-refractivity contribution in [3.63, 3.8) is 0 Å². The summed E-state index contributed by atoms with van der Waals surface area (Å²) < 4.78 is 0.